The Morgan fingerprint density at radius 1 is 1.03 bits per heavy atom. The number of carbonyl (C=O) groups excluding carboxylic acids is 2. The van der Waals surface area contributed by atoms with Gasteiger partial charge in [0, 0.05) is 24.0 Å². The van der Waals surface area contributed by atoms with Crippen molar-refractivity contribution in [3.63, 3.8) is 0 Å². The number of ether oxygens (including phenoxy) is 2. The monoisotopic (exact) mass is 504 g/mol. The van der Waals surface area contributed by atoms with E-state index in [-0.39, 0.29) is 11.8 Å². The summed E-state index contributed by atoms with van der Waals surface area (Å²) in [6.45, 7) is 4.85. The number of nitrogens with zero attached hydrogens (tertiary/aromatic N) is 1. The van der Waals surface area contributed by atoms with Gasteiger partial charge in [-0.15, -0.1) is 0 Å². The van der Waals surface area contributed by atoms with Gasteiger partial charge in [-0.05, 0) is 55.2 Å². The Labute approximate surface area is 199 Å². The molecule has 0 unspecified atom stereocenters. The first kappa shape index (κ1) is 25.7. The van der Waals surface area contributed by atoms with E-state index in [0.717, 1.165) is 28.4 Å². The molecule has 0 heterocycles. The van der Waals surface area contributed by atoms with Gasteiger partial charge < -0.3 is 19.7 Å². The van der Waals surface area contributed by atoms with Crippen molar-refractivity contribution in [2.45, 2.75) is 52.1 Å². The molecule has 7 heteroatoms. The van der Waals surface area contributed by atoms with Crippen molar-refractivity contribution in [3.8, 4) is 11.5 Å². The molecule has 1 N–H and O–H groups in total. The lowest BCUT2D eigenvalue weighted by atomic mass is 10.1. The van der Waals surface area contributed by atoms with Crippen molar-refractivity contribution in [1.29, 1.82) is 0 Å². The van der Waals surface area contributed by atoms with Gasteiger partial charge in [-0.2, -0.15) is 0 Å². The molecule has 32 heavy (non-hydrogen) atoms. The van der Waals surface area contributed by atoms with Gasteiger partial charge in [0.2, 0.25) is 11.8 Å². The number of rotatable bonds is 12. The molecule has 0 saturated heterocycles. The van der Waals surface area contributed by atoms with Gasteiger partial charge in [0.15, 0.2) is 11.5 Å². The van der Waals surface area contributed by atoms with Gasteiger partial charge in [-0.3, -0.25) is 9.59 Å². The molecule has 0 radical (unpaired) electrons. The number of unbranched alkanes of at least 4 members (excludes halogenated alkanes) is 1. The van der Waals surface area contributed by atoms with Crippen LogP contribution in [0.1, 0.15) is 44.2 Å². The van der Waals surface area contributed by atoms with Crippen LogP contribution in [-0.4, -0.2) is 43.5 Å². The average Bonchev–Trinajstić information content (AvgIpc) is 2.81. The molecule has 0 saturated carbocycles. The normalized spacial score (nSPS) is 11.5. The third kappa shape index (κ3) is 7.55. The van der Waals surface area contributed by atoms with Gasteiger partial charge in [0.25, 0.3) is 0 Å². The van der Waals surface area contributed by atoms with Crippen molar-refractivity contribution in [2.75, 3.05) is 20.8 Å². The molecule has 0 aliphatic carbocycles. The molecular weight excluding hydrogens is 472 g/mol. The summed E-state index contributed by atoms with van der Waals surface area (Å²) in [4.78, 5) is 27.6. The molecule has 2 amide bonds. The zero-order chi connectivity index (χ0) is 23.5. The van der Waals surface area contributed by atoms with Crippen LogP contribution in [0.5, 0.6) is 11.5 Å². The number of benzene rings is 2. The molecule has 174 valence electrons. The van der Waals surface area contributed by atoms with E-state index in [1.165, 1.54) is 0 Å². The molecule has 0 aromatic heterocycles. The summed E-state index contributed by atoms with van der Waals surface area (Å²) in [6, 6.07) is 12.9. The average molecular weight is 505 g/mol. The van der Waals surface area contributed by atoms with Crippen molar-refractivity contribution in [2.24, 2.45) is 0 Å². The van der Waals surface area contributed by atoms with Crippen molar-refractivity contribution >= 4 is 27.7 Å². The number of carbonyl (C=O) groups is 2. The molecule has 2 aromatic rings. The standard InChI is InChI=1S/C25H33BrN2O4/c1-5-6-15-27-25(30)18(2)28(17-20-7-11-21(26)12-8-20)24(29)14-10-19-9-13-22(31-3)23(16-19)32-4/h7-9,11-13,16,18H,5-6,10,14-15,17H2,1-4H3,(H,27,30)/t18-/m0/s1. The minimum Gasteiger partial charge on any atom is -0.493 e. The van der Waals surface area contributed by atoms with Gasteiger partial charge in [-0.25, -0.2) is 0 Å². The lowest BCUT2D eigenvalue weighted by Gasteiger charge is -2.29. The van der Waals surface area contributed by atoms with Crippen molar-refractivity contribution in [1.82, 2.24) is 10.2 Å². The van der Waals surface area contributed by atoms with E-state index in [4.69, 9.17) is 9.47 Å². The molecule has 0 fully saturated rings. The molecule has 0 aliphatic heterocycles. The maximum atomic E-state index is 13.2. The highest BCUT2D eigenvalue weighted by atomic mass is 79.9. The summed E-state index contributed by atoms with van der Waals surface area (Å²) in [5, 5.41) is 2.94. The molecule has 6 nitrogen and oxygen atoms in total. The first-order valence-corrected chi connectivity index (χ1v) is 11.7. The van der Waals surface area contributed by atoms with E-state index in [9.17, 15) is 9.59 Å². The zero-order valence-corrected chi connectivity index (χ0v) is 20.9. The van der Waals surface area contributed by atoms with Crippen LogP contribution in [0.25, 0.3) is 0 Å². The van der Waals surface area contributed by atoms with E-state index < -0.39 is 6.04 Å². The SMILES string of the molecule is CCCCNC(=O)[C@H](C)N(Cc1ccc(Br)cc1)C(=O)CCc1ccc(OC)c(OC)c1. The molecule has 2 rings (SSSR count). The Kier molecular flexibility index (Phi) is 10.5. The predicted octanol–water partition coefficient (Wildman–Crippen LogP) is 4.73. The molecule has 2 aromatic carbocycles. The maximum Gasteiger partial charge on any atom is 0.242 e. The molecule has 0 aliphatic rings. The lowest BCUT2D eigenvalue weighted by molar-refractivity contribution is -0.140. The van der Waals surface area contributed by atoms with Crippen molar-refractivity contribution in [3.05, 3.63) is 58.1 Å². The van der Waals surface area contributed by atoms with E-state index in [0.29, 0.717) is 37.4 Å². The Hall–Kier alpha value is -2.54. The Morgan fingerprint density at radius 2 is 1.69 bits per heavy atom. The topological polar surface area (TPSA) is 67.9 Å². The second kappa shape index (κ2) is 13.1. The Morgan fingerprint density at radius 3 is 2.31 bits per heavy atom. The number of hydrogen-bond acceptors (Lipinski definition) is 4. The highest BCUT2D eigenvalue weighted by Crippen LogP contribution is 2.28. The van der Waals surface area contributed by atoms with Crippen LogP contribution in [0.15, 0.2) is 46.9 Å². The number of aryl methyl sites for hydroxylation is 1. The fourth-order valence-corrected chi connectivity index (χ4v) is 3.60. The molecule has 0 spiro atoms. The Bertz CT molecular complexity index is 886. The predicted molar refractivity (Wildman–Crippen MR) is 130 cm³/mol. The van der Waals surface area contributed by atoms with Crippen molar-refractivity contribution < 1.29 is 19.1 Å². The van der Waals surface area contributed by atoms with Crippen LogP contribution in [0, 0.1) is 0 Å². The molecule has 1 atom stereocenters. The minimum atomic E-state index is -0.562. The zero-order valence-electron chi connectivity index (χ0n) is 19.3. The van der Waals surface area contributed by atoms with Crippen LogP contribution in [0.4, 0.5) is 0 Å². The highest BCUT2D eigenvalue weighted by molar-refractivity contribution is 9.10. The number of methoxy groups -OCH3 is 2. The third-order valence-corrected chi connectivity index (χ3v) is 5.87. The van der Waals surface area contributed by atoms with Gasteiger partial charge in [-0.1, -0.05) is 47.5 Å². The smallest absolute Gasteiger partial charge is 0.242 e. The number of nitrogens with one attached hydrogen (secondary N) is 1. The summed E-state index contributed by atoms with van der Waals surface area (Å²) in [6.07, 6.45) is 2.75. The first-order chi connectivity index (χ1) is 15.4. The van der Waals surface area contributed by atoms with Crippen LogP contribution in [0.3, 0.4) is 0 Å². The highest BCUT2D eigenvalue weighted by Gasteiger charge is 2.25. The lowest BCUT2D eigenvalue weighted by Crippen LogP contribution is -2.47. The fourth-order valence-electron chi connectivity index (χ4n) is 3.34. The largest absolute Gasteiger partial charge is 0.493 e. The minimum absolute atomic E-state index is 0.0687. The van der Waals surface area contributed by atoms with Crippen LogP contribution >= 0.6 is 15.9 Å². The van der Waals surface area contributed by atoms with E-state index in [1.807, 2.05) is 42.5 Å². The maximum absolute atomic E-state index is 13.2. The van der Waals surface area contributed by atoms with Crippen LogP contribution < -0.4 is 14.8 Å². The number of halogens is 1. The van der Waals surface area contributed by atoms with E-state index >= 15 is 0 Å². The van der Waals surface area contributed by atoms with Gasteiger partial charge >= 0.3 is 0 Å². The fraction of sp³-hybridized carbons (Fsp3) is 0.440. The van der Waals surface area contributed by atoms with E-state index in [1.54, 1.807) is 26.0 Å². The van der Waals surface area contributed by atoms with Gasteiger partial charge in [0.05, 0.1) is 14.2 Å². The summed E-state index contributed by atoms with van der Waals surface area (Å²) in [7, 11) is 3.18. The summed E-state index contributed by atoms with van der Waals surface area (Å²) in [5.74, 6) is 1.08. The van der Waals surface area contributed by atoms with Crippen LogP contribution in [-0.2, 0) is 22.6 Å². The first-order valence-electron chi connectivity index (χ1n) is 10.9. The van der Waals surface area contributed by atoms with E-state index in [2.05, 4.69) is 28.2 Å². The number of amides is 2. The third-order valence-electron chi connectivity index (χ3n) is 5.34. The quantitative estimate of drug-likeness (QED) is 0.424. The number of hydrogen-bond donors (Lipinski definition) is 1. The second-order valence-electron chi connectivity index (χ2n) is 7.66. The Balaban J connectivity index is 2.13. The summed E-state index contributed by atoms with van der Waals surface area (Å²) < 4.78 is 11.6. The van der Waals surface area contributed by atoms with Crippen LogP contribution in [0.2, 0.25) is 0 Å². The second-order valence-corrected chi connectivity index (χ2v) is 8.57. The summed E-state index contributed by atoms with van der Waals surface area (Å²) >= 11 is 3.44. The summed E-state index contributed by atoms with van der Waals surface area (Å²) in [5.41, 5.74) is 1.94. The molecular formula is C25H33BrN2O4. The van der Waals surface area contributed by atoms with Gasteiger partial charge in [0.1, 0.15) is 6.04 Å². The molecule has 0 bridgehead atoms.